The third-order valence-corrected chi connectivity index (χ3v) is 13.8. The molecule has 0 radical (unpaired) electrons. The lowest BCUT2D eigenvalue weighted by Gasteiger charge is -2.32. The van der Waals surface area contributed by atoms with Crippen LogP contribution < -0.4 is 11.4 Å². The Morgan fingerprint density at radius 1 is 0.471 bits per heavy atom. The van der Waals surface area contributed by atoms with Crippen LogP contribution in [0.4, 0.5) is 8.78 Å². The number of halogens is 2. The summed E-state index contributed by atoms with van der Waals surface area (Å²) in [6, 6.07) is 49.7. The molecule has 6 aromatic carbocycles. The Kier molecular flexibility index (Phi) is 14.4. The zero-order valence-electron chi connectivity index (χ0n) is 38.7. The summed E-state index contributed by atoms with van der Waals surface area (Å²) < 4.78 is 34.1. The van der Waals surface area contributed by atoms with Crippen molar-refractivity contribution in [2.45, 2.75) is 76.5 Å². The molecule has 12 heteroatoms. The molecule has 2 fully saturated rings. The van der Waals surface area contributed by atoms with Crippen LogP contribution in [0.25, 0.3) is 11.4 Å². The highest BCUT2D eigenvalue weighted by atomic mass is 19.1. The van der Waals surface area contributed by atoms with Gasteiger partial charge in [0, 0.05) is 24.2 Å². The molecule has 4 heterocycles. The summed E-state index contributed by atoms with van der Waals surface area (Å²) >= 11 is 0. The van der Waals surface area contributed by atoms with Crippen molar-refractivity contribution in [2.24, 2.45) is 0 Å². The van der Waals surface area contributed by atoms with Crippen LogP contribution in [0.2, 0.25) is 0 Å². The van der Waals surface area contributed by atoms with Crippen molar-refractivity contribution in [3.05, 3.63) is 236 Å². The Hall–Kier alpha value is -7.02. The van der Waals surface area contributed by atoms with Crippen LogP contribution >= 0.6 is 0 Å². The molecule has 8 aromatic rings. The minimum Gasteiger partial charge on any atom is -0.299 e. The first-order valence-electron chi connectivity index (χ1n) is 23.7. The predicted octanol–water partition coefficient (Wildman–Crippen LogP) is 10.3. The molecule has 0 spiro atoms. The van der Waals surface area contributed by atoms with Crippen molar-refractivity contribution in [1.82, 2.24) is 38.5 Å². The minimum absolute atomic E-state index is 0.280. The van der Waals surface area contributed by atoms with Crippen molar-refractivity contribution in [3.8, 4) is 11.4 Å². The Labute approximate surface area is 396 Å². The van der Waals surface area contributed by atoms with Gasteiger partial charge in [-0.15, -0.1) is 0 Å². The van der Waals surface area contributed by atoms with Gasteiger partial charge in [-0.25, -0.2) is 36.9 Å². The molecule has 2 atom stereocenters. The lowest BCUT2D eigenvalue weighted by Crippen LogP contribution is -2.32. The lowest BCUT2D eigenvalue weighted by molar-refractivity contribution is 0.204. The van der Waals surface area contributed by atoms with Gasteiger partial charge >= 0.3 is 11.4 Å². The van der Waals surface area contributed by atoms with Gasteiger partial charge in [-0.3, -0.25) is 9.80 Å². The van der Waals surface area contributed by atoms with Gasteiger partial charge < -0.3 is 0 Å². The third kappa shape index (κ3) is 10.6. The Bertz CT molecular complexity index is 2780. The number of benzene rings is 6. The molecule has 0 unspecified atom stereocenters. The topological polar surface area (TPSA) is 86.1 Å². The van der Waals surface area contributed by atoms with Gasteiger partial charge in [0.15, 0.2) is 0 Å². The molecule has 10 nitrogen and oxygen atoms in total. The number of aromatic nitrogens is 6. The average Bonchev–Trinajstić information content (AvgIpc) is 3.97. The average molecular weight is 913 g/mol. The molecule has 0 saturated carbocycles. The van der Waals surface area contributed by atoms with E-state index in [1.165, 1.54) is 65.5 Å². The monoisotopic (exact) mass is 912 g/mol. The number of nitrogens with zero attached hydrogens (tertiary/aromatic N) is 8. The summed E-state index contributed by atoms with van der Waals surface area (Å²) in [5, 5.41) is 8.52. The van der Waals surface area contributed by atoms with Crippen LogP contribution in [0.1, 0.15) is 96.8 Å². The highest BCUT2D eigenvalue weighted by Gasteiger charge is 2.24. The molecule has 0 aliphatic carbocycles. The zero-order chi connectivity index (χ0) is 47.0. The van der Waals surface area contributed by atoms with E-state index in [2.05, 4.69) is 105 Å². The molecule has 0 N–H and O–H groups in total. The molecule has 2 aromatic heterocycles. The van der Waals surface area contributed by atoms with Gasteiger partial charge in [-0.2, -0.15) is 10.2 Å². The third-order valence-electron chi connectivity index (χ3n) is 13.8. The van der Waals surface area contributed by atoms with Gasteiger partial charge in [0.25, 0.3) is 0 Å². The standard InChI is InChI=1S/2C28H29FN4O/c2*1-21(26-9-5-6-10-27(26)29)33-28(34)32(20-30-33)25-13-11-23(12-14-25)24-15-17-31(18-16-24)19-22-7-3-2-4-8-22/h2*2-14,20-21,24H,15-19H2,1H3/t2*21-/m10/s1. The van der Waals surface area contributed by atoms with E-state index in [9.17, 15) is 18.4 Å². The first-order valence-corrected chi connectivity index (χ1v) is 23.7. The van der Waals surface area contributed by atoms with E-state index in [0.717, 1.165) is 76.3 Å². The highest BCUT2D eigenvalue weighted by Crippen LogP contribution is 2.31. The summed E-state index contributed by atoms with van der Waals surface area (Å²) in [5.74, 6) is 0.384. The van der Waals surface area contributed by atoms with Gasteiger partial charge in [-0.1, -0.05) is 121 Å². The first kappa shape index (κ1) is 46.1. The number of piperidine rings is 2. The molecule has 2 aliphatic rings. The van der Waals surface area contributed by atoms with E-state index >= 15 is 0 Å². The van der Waals surface area contributed by atoms with Gasteiger partial charge in [-0.05, 0) is 136 Å². The summed E-state index contributed by atoms with van der Waals surface area (Å²) in [4.78, 5) is 31.0. The fourth-order valence-corrected chi connectivity index (χ4v) is 9.76. The van der Waals surface area contributed by atoms with Crippen LogP contribution in [-0.2, 0) is 13.1 Å². The van der Waals surface area contributed by atoms with Crippen molar-refractivity contribution < 1.29 is 8.78 Å². The Morgan fingerprint density at radius 3 is 1.16 bits per heavy atom. The van der Waals surface area contributed by atoms with E-state index in [0.29, 0.717) is 23.0 Å². The van der Waals surface area contributed by atoms with Crippen LogP contribution in [0.3, 0.4) is 0 Å². The molecule has 68 heavy (non-hydrogen) atoms. The van der Waals surface area contributed by atoms with E-state index < -0.39 is 12.1 Å². The molecule has 10 rings (SSSR count). The smallest absolute Gasteiger partial charge is 0.299 e. The van der Waals surface area contributed by atoms with Gasteiger partial charge in [0.2, 0.25) is 0 Å². The van der Waals surface area contributed by atoms with Crippen LogP contribution in [0.15, 0.2) is 180 Å². The van der Waals surface area contributed by atoms with Crippen molar-refractivity contribution >= 4 is 0 Å². The number of hydrogen-bond donors (Lipinski definition) is 0. The Morgan fingerprint density at radius 2 is 0.809 bits per heavy atom. The lowest BCUT2D eigenvalue weighted by atomic mass is 9.89. The molecule has 348 valence electrons. The van der Waals surface area contributed by atoms with Crippen molar-refractivity contribution in [1.29, 1.82) is 0 Å². The highest BCUT2D eigenvalue weighted by molar-refractivity contribution is 5.37. The van der Waals surface area contributed by atoms with Crippen molar-refractivity contribution in [3.63, 3.8) is 0 Å². The second kappa shape index (κ2) is 21.3. The summed E-state index contributed by atoms with van der Waals surface area (Å²) in [6.45, 7) is 9.91. The molecule has 0 amide bonds. The van der Waals surface area contributed by atoms with E-state index in [4.69, 9.17) is 0 Å². The van der Waals surface area contributed by atoms with Crippen LogP contribution in [-0.4, -0.2) is 64.7 Å². The van der Waals surface area contributed by atoms with Gasteiger partial charge in [0.05, 0.1) is 23.5 Å². The number of hydrogen-bond acceptors (Lipinski definition) is 6. The molecular formula is C56H58F2N8O2. The normalized spacial score (nSPS) is 15.9. The fraction of sp³-hybridized carbons (Fsp3) is 0.286. The number of rotatable bonds is 12. The molecule has 2 saturated heterocycles. The summed E-state index contributed by atoms with van der Waals surface area (Å²) in [6.07, 6.45) is 7.54. The number of likely N-dealkylation sites (tertiary alicyclic amines) is 2. The molecule has 2 aliphatic heterocycles. The van der Waals surface area contributed by atoms with E-state index in [1.54, 1.807) is 50.2 Å². The van der Waals surface area contributed by atoms with E-state index in [-0.39, 0.29) is 23.0 Å². The fourth-order valence-electron chi connectivity index (χ4n) is 9.76. The second-order valence-electron chi connectivity index (χ2n) is 18.1. The maximum atomic E-state index is 14.2. The molecule has 0 bridgehead atoms. The predicted molar refractivity (Wildman–Crippen MR) is 263 cm³/mol. The quantitative estimate of drug-likeness (QED) is 0.121. The largest absolute Gasteiger partial charge is 0.350 e. The van der Waals surface area contributed by atoms with Crippen molar-refractivity contribution in [2.75, 3.05) is 26.2 Å². The zero-order valence-corrected chi connectivity index (χ0v) is 38.7. The van der Waals surface area contributed by atoms with Gasteiger partial charge in [0.1, 0.15) is 24.3 Å². The molecular weight excluding hydrogens is 855 g/mol. The summed E-state index contributed by atoms with van der Waals surface area (Å²) in [5.41, 5.74) is 7.21. The maximum absolute atomic E-state index is 14.2. The van der Waals surface area contributed by atoms with E-state index in [1.807, 2.05) is 24.3 Å². The summed E-state index contributed by atoms with van der Waals surface area (Å²) in [7, 11) is 0. The minimum atomic E-state index is -0.490. The SMILES string of the molecule is C[C@@H](c1ccccc1F)n1ncn(-c2ccc(C3CCN(Cc4ccccc4)CC3)cc2)c1=O.C[C@H](c1ccccc1F)n1ncn(-c2ccc(C3CCN(Cc4ccccc4)CC3)cc2)c1=O. The maximum Gasteiger partial charge on any atom is 0.350 e. The first-order chi connectivity index (χ1) is 33.2. The van der Waals surface area contributed by atoms with Crippen LogP contribution in [0, 0.1) is 11.6 Å². The second-order valence-corrected chi connectivity index (χ2v) is 18.1. The Balaban J connectivity index is 0.000000170. The van der Waals surface area contributed by atoms with Crippen LogP contribution in [0.5, 0.6) is 0 Å².